The molecular weight excluding hydrogens is 292 g/mol. The number of benzene rings is 1. The Balaban J connectivity index is 1.94. The molecule has 23 heavy (non-hydrogen) atoms. The molecule has 5 nitrogen and oxygen atoms in total. The molecule has 0 atom stereocenters. The van der Waals surface area contributed by atoms with Gasteiger partial charge in [-0.3, -0.25) is 0 Å². The van der Waals surface area contributed by atoms with E-state index in [4.69, 9.17) is 9.47 Å². The van der Waals surface area contributed by atoms with Crippen LogP contribution in [0.25, 0.3) is 0 Å². The van der Waals surface area contributed by atoms with Crippen LogP contribution in [0.2, 0.25) is 0 Å². The number of nitrogens with one attached hydrogen (secondary N) is 1. The third-order valence-electron chi connectivity index (χ3n) is 4.32. The molecule has 0 saturated heterocycles. The lowest BCUT2D eigenvalue weighted by atomic mass is 9.96. The highest BCUT2D eigenvalue weighted by Crippen LogP contribution is 2.18. The molecular formula is C18H28N2O3. The number of ether oxygens (including phenoxy) is 2. The van der Waals surface area contributed by atoms with Crippen molar-refractivity contribution in [1.29, 1.82) is 0 Å². The van der Waals surface area contributed by atoms with Crippen LogP contribution in [0.5, 0.6) is 5.75 Å². The van der Waals surface area contributed by atoms with Crippen molar-refractivity contribution in [3.63, 3.8) is 0 Å². The molecule has 0 spiro atoms. The largest absolute Gasteiger partial charge is 0.497 e. The van der Waals surface area contributed by atoms with Crippen LogP contribution in [0, 0.1) is 0 Å². The molecule has 1 saturated carbocycles. The zero-order chi connectivity index (χ0) is 16.5. The van der Waals surface area contributed by atoms with E-state index in [0.717, 1.165) is 24.2 Å². The van der Waals surface area contributed by atoms with E-state index in [-0.39, 0.29) is 6.03 Å². The molecule has 2 amide bonds. The molecule has 0 aliphatic heterocycles. The monoisotopic (exact) mass is 320 g/mol. The number of hydrogen-bond acceptors (Lipinski definition) is 3. The van der Waals surface area contributed by atoms with Crippen LogP contribution >= 0.6 is 0 Å². The summed E-state index contributed by atoms with van der Waals surface area (Å²) in [5.74, 6) is 0.823. The highest BCUT2D eigenvalue weighted by Gasteiger charge is 2.20. The first-order valence-corrected chi connectivity index (χ1v) is 8.40. The van der Waals surface area contributed by atoms with Gasteiger partial charge in [-0.05, 0) is 30.5 Å². The van der Waals surface area contributed by atoms with E-state index in [9.17, 15) is 4.79 Å². The average Bonchev–Trinajstić information content (AvgIpc) is 2.60. The maximum Gasteiger partial charge on any atom is 0.317 e. The number of urea groups is 1. The Morgan fingerprint density at radius 3 is 2.48 bits per heavy atom. The van der Waals surface area contributed by atoms with Crippen LogP contribution in [0.1, 0.15) is 37.7 Å². The van der Waals surface area contributed by atoms with Crippen LogP contribution in [-0.2, 0) is 11.3 Å². The lowest BCUT2D eigenvalue weighted by molar-refractivity contribution is 0.143. The Kier molecular flexibility index (Phi) is 7.20. The molecule has 0 heterocycles. The van der Waals surface area contributed by atoms with Crippen molar-refractivity contribution in [3.05, 3.63) is 29.8 Å². The van der Waals surface area contributed by atoms with Gasteiger partial charge < -0.3 is 19.7 Å². The van der Waals surface area contributed by atoms with Crippen LogP contribution in [0.3, 0.4) is 0 Å². The summed E-state index contributed by atoms with van der Waals surface area (Å²) in [6.45, 7) is 1.70. The minimum absolute atomic E-state index is 0.00441. The second-order valence-electron chi connectivity index (χ2n) is 6.05. The Morgan fingerprint density at radius 2 is 1.87 bits per heavy atom. The molecule has 0 aromatic heterocycles. The van der Waals surface area contributed by atoms with E-state index >= 15 is 0 Å². The van der Waals surface area contributed by atoms with Gasteiger partial charge in [0.15, 0.2) is 0 Å². The van der Waals surface area contributed by atoms with Gasteiger partial charge in [0, 0.05) is 26.2 Å². The maximum absolute atomic E-state index is 12.6. The summed E-state index contributed by atoms with van der Waals surface area (Å²) in [6, 6.07) is 8.15. The van der Waals surface area contributed by atoms with Gasteiger partial charge in [-0.25, -0.2) is 4.79 Å². The van der Waals surface area contributed by atoms with Gasteiger partial charge in [-0.15, -0.1) is 0 Å². The molecule has 5 heteroatoms. The van der Waals surface area contributed by atoms with E-state index in [1.807, 2.05) is 29.2 Å². The van der Waals surface area contributed by atoms with Crippen molar-refractivity contribution < 1.29 is 14.3 Å². The summed E-state index contributed by atoms with van der Waals surface area (Å²) in [5.41, 5.74) is 1.08. The first-order valence-electron chi connectivity index (χ1n) is 8.40. The zero-order valence-electron chi connectivity index (χ0n) is 14.2. The van der Waals surface area contributed by atoms with Crippen LogP contribution < -0.4 is 10.1 Å². The van der Waals surface area contributed by atoms with Gasteiger partial charge >= 0.3 is 6.03 Å². The second kappa shape index (κ2) is 9.40. The summed E-state index contributed by atoms with van der Waals surface area (Å²) < 4.78 is 10.3. The standard InChI is InChI=1S/C18H28N2O3/c1-22-13-12-20(14-15-8-10-17(23-2)11-9-15)18(21)19-16-6-4-3-5-7-16/h8-11,16H,3-7,12-14H2,1-2H3,(H,19,21). The van der Waals surface area contributed by atoms with Crippen molar-refractivity contribution >= 4 is 6.03 Å². The smallest absolute Gasteiger partial charge is 0.317 e. The molecule has 1 aliphatic carbocycles. The minimum Gasteiger partial charge on any atom is -0.497 e. The molecule has 0 unspecified atom stereocenters. The van der Waals surface area contributed by atoms with Gasteiger partial charge in [0.05, 0.1) is 13.7 Å². The average molecular weight is 320 g/mol. The van der Waals surface area contributed by atoms with Gasteiger partial charge in [-0.2, -0.15) is 0 Å². The fraction of sp³-hybridized carbons (Fsp3) is 0.611. The lowest BCUT2D eigenvalue weighted by Crippen LogP contribution is -2.46. The van der Waals surface area contributed by atoms with Gasteiger partial charge in [0.25, 0.3) is 0 Å². The quantitative estimate of drug-likeness (QED) is 0.839. The van der Waals surface area contributed by atoms with Crippen molar-refractivity contribution in [1.82, 2.24) is 10.2 Å². The number of hydrogen-bond donors (Lipinski definition) is 1. The number of nitrogens with zero attached hydrogens (tertiary/aromatic N) is 1. The predicted molar refractivity (Wildman–Crippen MR) is 90.7 cm³/mol. The highest BCUT2D eigenvalue weighted by molar-refractivity contribution is 5.74. The number of carbonyl (C=O) groups is 1. The summed E-state index contributed by atoms with van der Waals surface area (Å²) in [5, 5.41) is 3.18. The van der Waals surface area contributed by atoms with E-state index < -0.39 is 0 Å². The number of amides is 2. The van der Waals surface area contributed by atoms with Crippen molar-refractivity contribution in [2.75, 3.05) is 27.4 Å². The highest BCUT2D eigenvalue weighted by atomic mass is 16.5. The van der Waals surface area contributed by atoms with Crippen molar-refractivity contribution in [2.24, 2.45) is 0 Å². The van der Waals surface area contributed by atoms with E-state index in [2.05, 4.69) is 5.32 Å². The first kappa shape index (κ1) is 17.6. The first-order chi connectivity index (χ1) is 11.2. The summed E-state index contributed by atoms with van der Waals surface area (Å²) in [6.07, 6.45) is 5.88. The maximum atomic E-state index is 12.6. The fourth-order valence-corrected chi connectivity index (χ4v) is 2.92. The predicted octanol–water partition coefficient (Wildman–Crippen LogP) is 3.19. The van der Waals surface area contributed by atoms with E-state index in [0.29, 0.717) is 25.7 Å². The molecule has 1 aliphatic rings. The van der Waals surface area contributed by atoms with Crippen LogP contribution in [-0.4, -0.2) is 44.3 Å². The Labute approximate surface area is 139 Å². The van der Waals surface area contributed by atoms with Gasteiger partial charge in [0.2, 0.25) is 0 Å². The van der Waals surface area contributed by atoms with Crippen LogP contribution in [0.15, 0.2) is 24.3 Å². The Hall–Kier alpha value is -1.75. The molecule has 1 fully saturated rings. The lowest BCUT2D eigenvalue weighted by Gasteiger charge is -2.28. The van der Waals surface area contributed by atoms with Crippen LogP contribution in [0.4, 0.5) is 4.79 Å². The Morgan fingerprint density at radius 1 is 1.17 bits per heavy atom. The molecule has 1 aromatic rings. The van der Waals surface area contributed by atoms with E-state index in [1.165, 1.54) is 19.3 Å². The topological polar surface area (TPSA) is 50.8 Å². The summed E-state index contributed by atoms with van der Waals surface area (Å²) in [7, 11) is 3.31. The molecule has 128 valence electrons. The number of carbonyl (C=O) groups excluding carboxylic acids is 1. The normalized spacial score (nSPS) is 15.2. The summed E-state index contributed by atoms with van der Waals surface area (Å²) in [4.78, 5) is 14.4. The Bertz CT molecular complexity index is 470. The third-order valence-corrected chi connectivity index (χ3v) is 4.32. The zero-order valence-corrected chi connectivity index (χ0v) is 14.2. The number of rotatable bonds is 7. The molecule has 0 bridgehead atoms. The molecule has 1 aromatic carbocycles. The molecule has 1 N–H and O–H groups in total. The van der Waals surface area contributed by atoms with Gasteiger partial charge in [-0.1, -0.05) is 31.4 Å². The molecule has 0 radical (unpaired) electrons. The van der Waals surface area contributed by atoms with Crippen molar-refractivity contribution in [2.45, 2.75) is 44.7 Å². The number of methoxy groups -OCH3 is 2. The SMILES string of the molecule is COCCN(Cc1ccc(OC)cc1)C(=O)NC1CCCCC1. The van der Waals surface area contributed by atoms with Crippen molar-refractivity contribution in [3.8, 4) is 5.75 Å². The van der Waals surface area contributed by atoms with E-state index in [1.54, 1.807) is 14.2 Å². The third kappa shape index (κ3) is 5.75. The summed E-state index contributed by atoms with van der Waals surface area (Å²) >= 11 is 0. The van der Waals surface area contributed by atoms with Gasteiger partial charge in [0.1, 0.15) is 5.75 Å². The second-order valence-corrected chi connectivity index (χ2v) is 6.05. The fourth-order valence-electron chi connectivity index (χ4n) is 2.92. The minimum atomic E-state index is 0.00441. The molecule has 2 rings (SSSR count).